The van der Waals surface area contributed by atoms with E-state index in [4.69, 9.17) is 10.8 Å². The van der Waals surface area contributed by atoms with Gasteiger partial charge in [-0.25, -0.2) is 0 Å². The van der Waals surface area contributed by atoms with Gasteiger partial charge in [0.25, 0.3) is 0 Å². The summed E-state index contributed by atoms with van der Waals surface area (Å²) >= 11 is 0. The second-order valence-corrected chi connectivity index (χ2v) is 4.55. The Labute approximate surface area is 81.5 Å². The maximum Gasteiger partial charge on any atom is 0.0436 e. The number of aliphatic hydroxyl groups is 1. The van der Waals surface area contributed by atoms with Crippen molar-refractivity contribution < 1.29 is 5.11 Å². The summed E-state index contributed by atoms with van der Waals surface area (Å²) in [5.41, 5.74) is 6.10. The molecule has 0 spiro atoms. The van der Waals surface area contributed by atoms with Crippen molar-refractivity contribution in [1.82, 2.24) is 0 Å². The molecule has 0 saturated heterocycles. The summed E-state index contributed by atoms with van der Waals surface area (Å²) in [4.78, 5) is 0. The summed E-state index contributed by atoms with van der Waals surface area (Å²) in [5, 5.41) is 9.02. The van der Waals surface area contributed by atoms with Gasteiger partial charge in [0.15, 0.2) is 0 Å². The molecule has 0 heterocycles. The van der Waals surface area contributed by atoms with Gasteiger partial charge in [0.05, 0.1) is 0 Å². The van der Waals surface area contributed by atoms with Crippen LogP contribution in [0.15, 0.2) is 0 Å². The van der Waals surface area contributed by atoms with Crippen molar-refractivity contribution in [1.29, 1.82) is 0 Å². The lowest BCUT2D eigenvalue weighted by molar-refractivity contribution is 0.102. The van der Waals surface area contributed by atoms with Crippen molar-refractivity contribution in [3.05, 3.63) is 0 Å². The predicted molar refractivity (Wildman–Crippen MR) is 55.4 cm³/mol. The van der Waals surface area contributed by atoms with E-state index >= 15 is 0 Å². The summed E-state index contributed by atoms with van der Waals surface area (Å²) in [6.45, 7) is 3.31. The summed E-state index contributed by atoms with van der Waals surface area (Å²) in [7, 11) is 0. The van der Waals surface area contributed by atoms with Gasteiger partial charge in [-0.15, -0.1) is 0 Å². The Morgan fingerprint density at radius 2 is 2.31 bits per heavy atom. The molecule has 13 heavy (non-hydrogen) atoms. The van der Waals surface area contributed by atoms with Gasteiger partial charge in [-0.1, -0.05) is 26.2 Å². The topological polar surface area (TPSA) is 46.2 Å². The second kappa shape index (κ2) is 4.97. The molecule has 0 aromatic carbocycles. The Hall–Kier alpha value is -0.0800. The lowest BCUT2D eigenvalue weighted by atomic mass is 9.67. The highest BCUT2D eigenvalue weighted by Crippen LogP contribution is 2.42. The number of rotatable bonds is 4. The summed E-state index contributed by atoms with van der Waals surface area (Å²) in [6.07, 6.45) is 7.30. The molecule has 2 heteroatoms. The third kappa shape index (κ3) is 2.68. The van der Waals surface area contributed by atoms with E-state index in [1.54, 1.807) is 0 Å². The first-order valence-corrected chi connectivity index (χ1v) is 5.57. The van der Waals surface area contributed by atoms with Crippen LogP contribution in [-0.4, -0.2) is 18.3 Å². The average molecular weight is 185 g/mol. The maximum atomic E-state index is 9.02. The highest BCUT2D eigenvalue weighted by Gasteiger charge is 2.33. The zero-order valence-corrected chi connectivity index (χ0v) is 8.76. The van der Waals surface area contributed by atoms with E-state index in [2.05, 4.69) is 6.92 Å². The Bertz CT molecular complexity index is 145. The van der Waals surface area contributed by atoms with Crippen molar-refractivity contribution in [3.8, 4) is 0 Å². The van der Waals surface area contributed by atoms with Gasteiger partial charge in [-0.3, -0.25) is 0 Å². The minimum atomic E-state index is 0.272. The lowest BCUT2D eigenvalue weighted by Gasteiger charge is -2.39. The van der Waals surface area contributed by atoms with Crippen LogP contribution in [0.5, 0.6) is 0 Å². The second-order valence-electron chi connectivity index (χ2n) is 4.55. The first kappa shape index (κ1) is 11.0. The van der Waals surface area contributed by atoms with Crippen LogP contribution < -0.4 is 5.73 Å². The monoisotopic (exact) mass is 185 g/mol. The fraction of sp³-hybridized carbons (Fsp3) is 1.00. The van der Waals surface area contributed by atoms with Crippen molar-refractivity contribution in [2.24, 2.45) is 17.1 Å². The fourth-order valence-electron chi connectivity index (χ4n) is 2.68. The first-order valence-electron chi connectivity index (χ1n) is 5.57. The zero-order valence-electron chi connectivity index (χ0n) is 8.76. The van der Waals surface area contributed by atoms with Gasteiger partial charge in [0.1, 0.15) is 0 Å². The number of hydrogen-bond acceptors (Lipinski definition) is 2. The molecule has 78 valence electrons. The predicted octanol–water partition coefficient (Wildman–Crippen LogP) is 1.91. The molecule has 3 N–H and O–H groups in total. The maximum absolute atomic E-state index is 9.02. The normalized spacial score (nSPS) is 34.8. The Balaban J connectivity index is 2.53. The van der Waals surface area contributed by atoms with E-state index in [0.717, 1.165) is 18.9 Å². The highest BCUT2D eigenvalue weighted by atomic mass is 16.3. The van der Waals surface area contributed by atoms with Crippen LogP contribution in [0.1, 0.15) is 45.4 Å². The standard InChI is InChI=1S/C11H23NO/c1-2-10-4-3-5-11(8-10,9-12)6-7-13/h10,13H,2-9,12H2,1H3. The van der Waals surface area contributed by atoms with Crippen molar-refractivity contribution >= 4 is 0 Å². The Morgan fingerprint density at radius 3 is 2.85 bits per heavy atom. The number of aliphatic hydroxyl groups excluding tert-OH is 1. The summed E-state index contributed by atoms with van der Waals surface area (Å²) in [6, 6.07) is 0. The van der Waals surface area contributed by atoms with Crippen LogP contribution in [-0.2, 0) is 0 Å². The van der Waals surface area contributed by atoms with Crippen LogP contribution in [0.25, 0.3) is 0 Å². The molecule has 1 aliphatic rings. The van der Waals surface area contributed by atoms with Gasteiger partial charge in [0.2, 0.25) is 0 Å². The molecule has 2 atom stereocenters. The van der Waals surface area contributed by atoms with Gasteiger partial charge >= 0.3 is 0 Å². The number of nitrogens with two attached hydrogens (primary N) is 1. The molecule has 0 aromatic rings. The SMILES string of the molecule is CCC1CCCC(CN)(CCO)C1. The van der Waals surface area contributed by atoms with Gasteiger partial charge in [-0.05, 0) is 37.1 Å². The van der Waals surface area contributed by atoms with E-state index in [-0.39, 0.29) is 5.41 Å². The van der Waals surface area contributed by atoms with E-state index in [1.807, 2.05) is 0 Å². The molecule has 1 saturated carbocycles. The van der Waals surface area contributed by atoms with Crippen molar-refractivity contribution in [3.63, 3.8) is 0 Å². The van der Waals surface area contributed by atoms with Crippen LogP contribution in [0.2, 0.25) is 0 Å². The van der Waals surface area contributed by atoms with E-state index in [1.165, 1.54) is 32.1 Å². The van der Waals surface area contributed by atoms with Crippen LogP contribution in [0.3, 0.4) is 0 Å². The van der Waals surface area contributed by atoms with E-state index in [0.29, 0.717) is 6.61 Å². The minimum absolute atomic E-state index is 0.272. The molecule has 1 fully saturated rings. The molecule has 0 radical (unpaired) electrons. The van der Waals surface area contributed by atoms with E-state index < -0.39 is 0 Å². The highest BCUT2D eigenvalue weighted by molar-refractivity contribution is 4.86. The molecule has 0 bridgehead atoms. The third-order valence-corrected chi connectivity index (χ3v) is 3.69. The van der Waals surface area contributed by atoms with Crippen LogP contribution in [0, 0.1) is 11.3 Å². The largest absolute Gasteiger partial charge is 0.396 e. The molecule has 1 aliphatic carbocycles. The zero-order chi connectivity index (χ0) is 9.73. The van der Waals surface area contributed by atoms with Gasteiger partial charge in [-0.2, -0.15) is 0 Å². The lowest BCUT2D eigenvalue weighted by Crippen LogP contribution is -2.36. The number of hydrogen-bond donors (Lipinski definition) is 2. The van der Waals surface area contributed by atoms with E-state index in [9.17, 15) is 0 Å². The average Bonchev–Trinajstić information content (AvgIpc) is 2.19. The molecular formula is C11H23NO. The molecule has 1 rings (SSSR count). The summed E-state index contributed by atoms with van der Waals surface area (Å²) < 4.78 is 0. The molecular weight excluding hydrogens is 162 g/mol. The van der Waals surface area contributed by atoms with Crippen molar-refractivity contribution in [2.45, 2.75) is 45.4 Å². The quantitative estimate of drug-likeness (QED) is 0.703. The Kier molecular flexibility index (Phi) is 4.20. The molecule has 2 unspecified atom stereocenters. The third-order valence-electron chi connectivity index (χ3n) is 3.69. The Morgan fingerprint density at radius 1 is 1.54 bits per heavy atom. The van der Waals surface area contributed by atoms with Gasteiger partial charge in [0, 0.05) is 6.61 Å². The summed E-state index contributed by atoms with van der Waals surface area (Å²) in [5.74, 6) is 0.851. The molecule has 0 aromatic heterocycles. The molecule has 2 nitrogen and oxygen atoms in total. The van der Waals surface area contributed by atoms with Crippen molar-refractivity contribution in [2.75, 3.05) is 13.2 Å². The molecule has 0 amide bonds. The fourth-order valence-corrected chi connectivity index (χ4v) is 2.68. The molecule has 0 aliphatic heterocycles. The van der Waals surface area contributed by atoms with Crippen LogP contribution >= 0.6 is 0 Å². The van der Waals surface area contributed by atoms with Gasteiger partial charge < -0.3 is 10.8 Å². The smallest absolute Gasteiger partial charge is 0.0436 e. The first-order chi connectivity index (χ1) is 6.26. The van der Waals surface area contributed by atoms with Crippen LogP contribution in [0.4, 0.5) is 0 Å². The minimum Gasteiger partial charge on any atom is -0.396 e.